The van der Waals surface area contributed by atoms with E-state index in [4.69, 9.17) is 0 Å². The van der Waals surface area contributed by atoms with Crippen LogP contribution in [0.5, 0.6) is 0 Å². The largest absolute Gasteiger partial charge is 0.319 e. The average Bonchev–Trinajstić information content (AvgIpc) is 2.64. The Bertz CT molecular complexity index is 312. The molecule has 0 bridgehead atoms. The molecule has 0 radical (unpaired) electrons. The molecule has 1 heterocycles. The normalized spacial score (nSPS) is 15.4. The van der Waals surface area contributed by atoms with Crippen LogP contribution in [0.4, 0.5) is 0 Å². The first-order chi connectivity index (χ1) is 7.60. The predicted octanol–water partition coefficient (Wildman–Crippen LogP) is 3.26. The molecule has 0 aromatic carbocycles. The van der Waals surface area contributed by atoms with Gasteiger partial charge in [-0.1, -0.05) is 13.8 Å². The average molecular weight is 305 g/mol. The van der Waals surface area contributed by atoms with Crippen molar-refractivity contribution in [3.05, 3.63) is 20.8 Å². The van der Waals surface area contributed by atoms with Crippen LogP contribution in [0.2, 0.25) is 0 Å². The highest BCUT2D eigenvalue weighted by atomic mass is 79.9. The zero-order valence-corrected chi connectivity index (χ0v) is 12.8. The molecule has 0 aliphatic carbocycles. The summed E-state index contributed by atoms with van der Waals surface area (Å²) in [6.45, 7) is 5.61. The fraction of sp³-hybridized carbons (Fsp3) is 0.667. The number of hydrogen-bond acceptors (Lipinski definition) is 3. The maximum atomic E-state index is 3.53. The summed E-state index contributed by atoms with van der Waals surface area (Å²) in [6, 6.07) is 4.77. The van der Waals surface area contributed by atoms with Crippen LogP contribution in [-0.2, 0) is 0 Å². The summed E-state index contributed by atoms with van der Waals surface area (Å²) in [7, 11) is 4.07. The Balaban J connectivity index is 2.85. The van der Waals surface area contributed by atoms with Crippen molar-refractivity contribution in [1.29, 1.82) is 0 Å². The molecule has 2 unspecified atom stereocenters. The van der Waals surface area contributed by atoms with E-state index in [1.54, 1.807) is 0 Å². The lowest BCUT2D eigenvalue weighted by Gasteiger charge is -2.29. The number of halogens is 1. The summed E-state index contributed by atoms with van der Waals surface area (Å²) in [6.07, 6.45) is 0. The molecule has 92 valence electrons. The highest BCUT2D eigenvalue weighted by molar-refractivity contribution is 9.11. The van der Waals surface area contributed by atoms with Gasteiger partial charge in [-0.15, -0.1) is 11.3 Å². The van der Waals surface area contributed by atoms with Gasteiger partial charge in [0.25, 0.3) is 0 Å². The lowest BCUT2D eigenvalue weighted by atomic mass is 9.87. The molecule has 0 fully saturated rings. The second-order valence-electron chi connectivity index (χ2n) is 4.37. The number of rotatable bonds is 6. The minimum absolute atomic E-state index is 0.434. The van der Waals surface area contributed by atoms with Gasteiger partial charge in [0.2, 0.25) is 0 Å². The van der Waals surface area contributed by atoms with E-state index in [1.165, 1.54) is 8.66 Å². The van der Waals surface area contributed by atoms with Crippen molar-refractivity contribution in [2.24, 2.45) is 11.8 Å². The molecule has 2 atom stereocenters. The van der Waals surface area contributed by atoms with Crippen LogP contribution in [0.15, 0.2) is 15.9 Å². The van der Waals surface area contributed by atoms with Gasteiger partial charge in [-0.2, -0.15) is 0 Å². The van der Waals surface area contributed by atoms with E-state index in [-0.39, 0.29) is 0 Å². The van der Waals surface area contributed by atoms with E-state index < -0.39 is 0 Å². The summed E-state index contributed by atoms with van der Waals surface area (Å²) < 4.78 is 1.20. The second kappa shape index (κ2) is 6.74. The zero-order valence-electron chi connectivity index (χ0n) is 10.4. The van der Waals surface area contributed by atoms with E-state index in [0.29, 0.717) is 17.9 Å². The Morgan fingerprint density at radius 3 is 2.38 bits per heavy atom. The Morgan fingerprint density at radius 2 is 2.00 bits per heavy atom. The second-order valence-corrected chi connectivity index (χ2v) is 6.87. The predicted molar refractivity (Wildman–Crippen MR) is 76.1 cm³/mol. The van der Waals surface area contributed by atoms with Gasteiger partial charge in [0.1, 0.15) is 0 Å². The molecule has 0 amide bonds. The fourth-order valence-corrected chi connectivity index (χ4v) is 3.65. The van der Waals surface area contributed by atoms with Gasteiger partial charge in [-0.25, -0.2) is 0 Å². The molecule has 16 heavy (non-hydrogen) atoms. The van der Waals surface area contributed by atoms with Crippen molar-refractivity contribution in [3.63, 3.8) is 0 Å². The zero-order chi connectivity index (χ0) is 12.1. The van der Waals surface area contributed by atoms with Gasteiger partial charge >= 0.3 is 0 Å². The smallest absolute Gasteiger partial charge is 0.0701 e. The molecule has 2 N–H and O–H groups in total. The Kier molecular flexibility index (Phi) is 5.97. The first kappa shape index (κ1) is 14.2. The van der Waals surface area contributed by atoms with Gasteiger partial charge in [-0.05, 0) is 60.5 Å². The number of thiophene rings is 1. The summed E-state index contributed by atoms with van der Waals surface area (Å²) in [4.78, 5) is 1.41. The summed E-state index contributed by atoms with van der Waals surface area (Å²) in [5.74, 6) is 1.27. The van der Waals surface area contributed by atoms with Crippen LogP contribution in [0.1, 0.15) is 24.8 Å². The first-order valence-electron chi connectivity index (χ1n) is 5.67. The minimum Gasteiger partial charge on any atom is -0.319 e. The van der Waals surface area contributed by atoms with Gasteiger partial charge in [-0.3, -0.25) is 0 Å². The third kappa shape index (κ3) is 3.55. The molecule has 1 aromatic heterocycles. The SMILES string of the molecule is CNCC(C(C)C)C(NC)c1ccc(Br)s1. The minimum atomic E-state index is 0.434. The van der Waals surface area contributed by atoms with Crippen LogP contribution >= 0.6 is 27.3 Å². The molecule has 0 aliphatic rings. The highest BCUT2D eigenvalue weighted by Crippen LogP contribution is 2.33. The van der Waals surface area contributed by atoms with E-state index in [1.807, 2.05) is 25.4 Å². The molecule has 0 saturated heterocycles. The van der Waals surface area contributed by atoms with Crippen molar-refractivity contribution in [1.82, 2.24) is 10.6 Å². The molecule has 1 aromatic rings. The highest BCUT2D eigenvalue weighted by Gasteiger charge is 2.25. The van der Waals surface area contributed by atoms with Gasteiger partial charge in [0.15, 0.2) is 0 Å². The summed E-state index contributed by atoms with van der Waals surface area (Å²) in [5.41, 5.74) is 0. The Morgan fingerprint density at radius 1 is 1.31 bits per heavy atom. The van der Waals surface area contributed by atoms with Crippen LogP contribution in [0.3, 0.4) is 0 Å². The maximum Gasteiger partial charge on any atom is 0.0701 e. The third-order valence-electron chi connectivity index (χ3n) is 2.94. The third-order valence-corrected chi connectivity index (χ3v) is 4.64. The van der Waals surface area contributed by atoms with Crippen LogP contribution in [0, 0.1) is 11.8 Å². The standard InChI is InChI=1S/C12H21BrN2S/c1-8(2)9(7-14-3)12(15-4)10-5-6-11(13)16-10/h5-6,8-9,12,14-15H,7H2,1-4H3. The van der Waals surface area contributed by atoms with Gasteiger partial charge in [0.05, 0.1) is 3.79 Å². The van der Waals surface area contributed by atoms with Crippen molar-refractivity contribution in [2.45, 2.75) is 19.9 Å². The molecule has 0 saturated carbocycles. The Labute approximate surface area is 111 Å². The summed E-state index contributed by atoms with van der Waals surface area (Å²) in [5, 5.41) is 6.74. The maximum absolute atomic E-state index is 3.53. The van der Waals surface area contributed by atoms with E-state index in [0.717, 1.165) is 6.54 Å². The van der Waals surface area contributed by atoms with Crippen molar-refractivity contribution < 1.29 is 0 Å². The van der Waals surface area contributed by atoms with Crippen LogP contribution in [-0.4, -0.2) is 20.6 Å². The fourth-order valence-electron chi connectivity index (χ4n) is 2.04. The molecular weight excluding hydrogens is 284 g/mol. The van der Waals surface area contributed by atoms with Gasteiger partial charge < -0.3 is 10.6 Å². The quantitative estimate of drug-likeness (QED) is 0.843. The van der Waals surface area contributed by atoms with Crippen molar-refractivity contribution in [3.8, 4) is 0 Å². The van der Waals surface area contributed by atoms with E-state index in [9.17, 15) is 0 Å². The lowest BCUT2D eigenvalue weighted by molar-refractivity contribution is 0.288. The van der Waals surface area contributed by atoms with Gasteiger partial charge in [0, 0.05) is 10.9 Å². The number of nitrogens with one attached hydrogen (secondary N) is 2. The topological polar surface area (TPSA) is 24.1 Å². The molecule has 0 aliphatic heterocycles. The van der Waals surface area contributed by atoms with Crippen molar-refractivity contribution >= 4 is 27.3 Å². The molecule has 4 heteroatoms. The van der Waals surface area contributed by atoms with Crippen LogP contribution in [0.25, 0.3) is 0 Å². The number of hydrogen-bond donors (Lipinski definition) is 2. The van der Waals surface area contributed by atoms with Crippen LogP contribution < -0.4 is 10.6 Å². The van der Waals surface area contributed by atoms with E-state index in [2.05, 4.69) is 52.5 Å². The first-order valence-corrected chi connectivity index (χ1v) is 7.28. The molecule has 0 spiro atoms. The molecule has 2 nitrogen and oxygen atoms in total. The Hall–Kier alpha value is 0.1000. The monoisotopic (exact) mass is 304 g/mol. The molecule has 1 rings (SSSR count). The van der Waals surface area contributed by atoms with E-state index >= 15 is 0 Å². The lowest BCUT2D eigenvalue weighted by Crippen LogP contribution is -2.34. The van der Waals surface area contributed by atoms with Crippen molar-refractivity contribution in [2.75, 3.05) is 20.6 Å². The summed E-state index contributed by atoms with van der Waals surface area (Å²) >= 11 is 5.35. The molecular formula is C12H21BrN2S.